The number of hydrogen-bond acceptors (Lipinski definition) is 2. The molecular weight excluding hydrogens is 569 g/mol. The zero-order chi connectivity index (χ0) is 32.3. The van der Waals surface area contributed by atoms with Crippen LogP contribution in [-0.2, 0) is 0 Å². The molecule has 2 heteroatoms. The lowest BCUT2D eigenvalue weighted by atomic mass is 9.98. The molecule has 0 spiro atoms. The number of nitrogens with zero attached hydrogens (tertiary/aromatic N) is 2. The Hall–Kier alpha value is -6.12. The van der Waals surface area contributed by atoms with Crippen molar-refractivity contribution < 1.29 is 0 Å². The third-order valence-electron chi connectivity index (χ3n) is 7.84. The number of benzene rings is 7. The maximum Gasteiger partial charge on any atom is 0.0462 e. The van der Waals surface area contributed by atoms with Crippen molar-refractivity contribution >= 4 is 34.1 Å². The normalized spacial score (nSPS) is 10.3. The first kappa shape index (κ1) is 30.9. The summed E-state index contributed by atoms with van der Waals surface area (Å²) in [4.78, 5) is 4.58. The van der Waals surface area contributed by atoms with E-state index in [2.05, 4.69) is 211 Å². The van der Waals surface area contributed by atoms with E-state index in [-0.39, 0.29) is 0 Å². The van der Waals surface area contributed by atoms with Gasteiger partial charge in [0.2, 0.25) is 0 Å². The molecule has 0 fully saturated rings. The lowest BCUT2D eigenvalue weighted by molar-refractivity contribution is 1.28. The molecule has 0 aromatic heterocycles. The summed E-state index contributed by atoms with van der Waals surface area (Å²) < 4.78 is 0. The van der Waals surface area contributed by atoms with Crippen LogP contribution >= 0.6 is 0 Å². The second kappa shape index (κ2) is 15.2. The van der Waals surface area contributed by atoms with Crippen molar-refractivity contribution in [1.82, 2.24) is 0 Å². The van der Waals surface area contributed by atoms with Crippen LogP contribution in [0, 0.1) is 0 Å². The van der Waals surface area contributed by atoms with Gasteiger partial charge in [-0.2, -0.15) is 0 Å². The predicted octanol–water partition coefficient (Wildman–Crippen LogP) is 13.2. The van der Waals surface area contributed by atoms with Crippen LogP contribution in [0.2, 0.25) is 0 Å². The lowest BCUT2D eigenvalue weighted by Gasteiger charge is -2.25. The Morgan fingerprint density at radius 1 is 0.319 bits per heavy atom. The Morgan fingerprint density at radius 3 is 0.851 bits per heavy atom. The van der Waals surface area contributed by atoms with Gasteiger partial charge in [-0.05, 0) is 108 Å². The lowest BCUT2D eigenvalue weighted by Crippen LogP contribution is -2.09. The Balaban J connectivity index is 0.00000124. The molecule has 0 saturated heterocycles. The predicted molar refractivity (Wildman–Crippen MR) is 203 cm³/mol. The van der Waals surface area contributed by atoms with Gasteiger partial charge in [-0.3, -0.25) is 0 Å². The Morgan fingerprint density at radius 2 is 0.574 bits per heavy atom. The van der Waals surface area contributed by atoms with Crippen LogP contribution in [0.15, 0.2) is 207 Å². The summed E-state index contributed by atoms with van der Waals surface area (Å²) in [6, 6.07) is 68.5. The second-order valence-corrected chi connectivity index (χ2v) is 11.1. The van der Waals surface area contributed by atoms with Crippen LogP contribution in [0.5, 0.6) is 0 Å². The van der Waals surface area contributed by atoms with Crippen molar-refractivity contribution in [3.8, 4) is 22.3 Å². The molecule has 0 radical (unpaired) electrons. The fourth-order valence-electron chi connectivity index (χ4n) is 5.69. The van der Waals surface area contributed by atoms with Crippen LogP contribution in [0.3, 0.4) is 0 Å². The molecular formula is C45H38N2. The van der Waals surface area contributed by atoms with Gasteiger partial charge >= 0.3 is 0 Å². The highest BCUT2D eigenvalue weighted by Crippen LogP contribution is 2.37. The molecule has 0 aliphatic carbocycles. The highest BCUT2D eigenvalue weighted by Gasteiger charge is 2.14. The van der Waals surface area contributed by atoms with Crippen LogP contribution in [0.1, 0.15) is 6.92 Å². The molecule has 0 saturated carbocycles. The maximum absolute atomic E-state index is 3.36. The van der Waals surface area contributed by atoms with E-state index in [1.54, 1.807) is 6.08 Å². The van der Waals surface area contributed by atoms with Gasteiger partial charge in [-0.15, -0.1) is 6.58 Å². The van der Waals surface area contributed by atoms with E-state index in [1.165, 1.54) is 22.3 Å². The first-order chi connectivity index (χ1) is 23.2. The quantitative estimate of drug-likeness (QED) is 0.159. The van der Waals surface area contributed by atoms with Crippen molar-refractivity contribution in [2.24, 2.45) is 0 Å². The van der Waals surface area contributed by atoms with Gasteiger partial charge in [0.1, 0.15) is 0 Å². The number of hydrogen-bond donors (Lipinski definition) is 0. The van der Waals surface area contributed by atoms with E-state index in [0.29, 0.717) is 0 Å². The largest absolute Gasteiger partial charge is 0.311 e. The van der Waals surface area contributed by atoms with E-state index in [4.69, 9.17) is 0 Å². The van der Waals surface area contributed by atoms with Crippen LogP contribution < -0.4 is 9.80 Å². The summed E-state index contributed by atoms with van der Waals surface area (Å²) in [5.74, 6) is 0. The Labute approximate surface area is 279 Å². The molecule has 7 rings (SSSR count). The molecule has 7 aromatic rings. The highest BCUT2D eigenvalue weighted by atomic mass is 15.1. The van der Waals surface area contributed by atoms with Gasteiger partial charge in [-0.25, -0.2) is 0 Å². The summed E-state index contributed by atoms with van der Waals surface area (Å²) in [5.41, 5.74) is 11.5. The third-order valence-corrected chi connectivity index (χ3v) is 7.84. The molecule has 0 atom stereocenters. The summed E-state index contributed by atoms with van der Waals surface area (Å²) in [7, 11) is 0. The third kappa shape index (κ3) is 7.41. The molecule has 2 nitrogen and oxygen atoms in total. The molecule has 7 aromatic carbocycles. The Bertz CT molecular complexity index is 1750. The van der Waals surface area contributed by atoms with Crippen molar-refractivity contribution in [1.29, 1.82) is 0 Å². The standard InChI is InChI=1S/C42H32N2.C3H6/c1-5-16-37(17-6-1)43(38-18-7-2-8-19-38)41-28-24-33(25-29-41)35-14-13-15-36(32-35)34-26-30-42(31-27-34)44(39-20-9-3-10-21-39)40-22-11-4-12-23-40;1-3-2/h1-32H;3H,1H2,2H3. The van der Waals surface area contributed by atoms with E-state index >= 15 is 0 Å². The summed E-state index contributed by atoms with van der Waals surface area (Å²) in [6.45, 7) is 5.25. The van der Waals surface area contributed by atoms with Crippen LogP contribution in [0.25, 0.3) is 22.3 Å². The number of para-hydroxylation sites is 4. The van der Waals surface area contributed by atoms with Gasteiger partial charge in [0.05, 0.1) is 0 Å². The molecule has 0 amide bonds. The first-order valence-corrected chi connectivity index (χ1v) is 15.9. The van der Waals surface area contributed by atoms with Gasteiger partial charge in [0, 0.05) is 34.1 Å². The summed E-state index contributed by atoms with van der Waals surface area (Å²) in [6.07, 6.45) is 1.75. The van der Waals surface area contributed by atoms with Gasteiger partial charge in [0.15, 0.2) is 0 Å². The van der Waals surface area contributed by atoms with Gasteiger partial charge in [0.25, 0.3) is 0 Å². The number of allylic oxidation sites excluding steroid dienone is 1. The second-order valence-electron chi connectivity index (χ2n) is 11.1. The van der Waals surface area contributed by atoms with Crippen molar-refractivity contribution in [3.05, 3.63) is 207 Å². The molecule has 228 valence electrons. The smallest absolute Gasteiger partial charge is 0.0462 e. The average molecular weight is 607 g/mol. The molecule has 0 N–H and O–H groups in total. The SMILES string of the molecule is C=CC.c1ccc(N(c2ccccc2)c2ccc(-c3cccc(-c4ccc(N(c5ccccc5)c5ccccc5)cc4)c3)cc2)cc1. The van der Waals surface area contributed by atoms with Gasteiger partial charge in [-0.1, -0.05) is 121 Å². The molecule has 47 heavy (non-hydrogen) atoms. The van der Waals surface area contributed by atoms with Crippen LogP contribution in [-0.4, -0.2) is 0 Å². The fraction of sp³-hybridized carbons (Fsp3) is 0.0222. The zero-order valence-corrected chi connectivity index (χ0v) is 26.7. The van der Waals surface area contributed by atoms with Gasteiger partial charge < -0.3 is 9.80 Å². The molecule has 0 heterocycles. The van der Waals surface area contributed by atoms with E-state index < -0.39 is 0 Å². The van der Waals surface area contributed by atoms with Crippen molar-refractivity contribution in [3.63, 3.8) is 0 Å². The monoisotopic (exact) mass is 606 g/mol. The summed E-state index contributed by atoms with van der Waals surface area (Å²) in [5, 5.41) is 0. The fourth-order valence-corrected chi connectivity index (χ4v) is 5.69. The molecule has 0 bridgehead atoms. The minimum Gasteiger partial charge on any atom is -0.311 e. The zero-order valence-electron chi connectivity index (χ0n) is 26.7. The van der Waals surface area contributed by atoms with E-state index in [9.17, 15) is 0 Å². The number of rotatable bonds is 8. The topological polar surface area (TPSA) is 6.48 Å². The first-order valence-electron chi connectivity index (χ1n) is 15.9. The van der Waals surface area contributed by atoms with E-state index in [1.807, 2.05) is 6.92 Å². The minimum absolute atomic E-state index is 1.12. The summed E-state index contributed by atoms with van der Waals surface area (Å²) >= 11 is 0. The molecule has 0 aliphatic rings. The van der Waals surface area contributed by atoms with Crippen molar-refractivity contribution in [2.45, 2.75) is 6.92 Å². The molecule has 0 aliphatic heterocycles. The minimum atomic E-state index is 1.12. The number of anilines is 6. The van der Waals surface area contributed by atoms with E-state index in [0.717, 1.165) is 34.1 Å². The highest BCUT2D eigenvalue weighted by molar-refractivity contribution is 5.81. The molecule has 0 unspecified atom stereocenters. The van der Waals surface area contributed by atoms with Crippen LogP contribution in [0.4, 0.5) is 34.1 Å². The maximum atomic E-state index is 3.36. The average Bonchev–Trinajstić information content (AvgIpc) is 3.15. The Kier molecular flexibility index (Phi) is 10.0. The van der Waals surface area contributed by atoms with Crippen molar-refractivity contribution in [2.75, 3.05) is 9.80 Å².